The second-order valence-corrected chi connectivity index (χ2v) is 8.67. The van der Waals surface area contributed by atoms with E-state index in [2.05, 4.69) is 0 Å². The van der Waals surface area contributed by atoms with Gasteiger partial charge in [0.1, 0.15) is 18.6 Å². The topological polar surface area (TPSA) is 57.8 Å². The molecule has 2 atom stereocenters. The van der Waals surface area contributed by atoms with E-state index in [-0.39, 0.29) is 14.2 Å². The summed E-state index contributed by atoms with van der Waals surface area (Å²) in [7, 11) is 0. The molecule has 0 amide bonds. The van der Waals surface area contributed by atoms with E-state index in [1.165, 1.54) is 0 Å². The molecule has 0 saturated heterocycles. The van der Waals surface area contributed by atoms with Gasteiger partial charge in [0, 0.05) is 21.6 Å². The van der Waals surface area contributed by atoms with Crippen LogP contribution >= 0.6 is 0 Å². The molecular formula is C20H35F5O3. The first-order valence-electron chi connectivity index (χ1n) is 10.2. The van der Waals surface area contributed by atoms with E-state index in [0.29, 0.717) is 37.5 Å². The van der Waals surface area contributed by atoms with Crippen molar-refractivity contribution in [1.29, 1.82) is 0 Å². The Morgan fingerprint density at radius 3 is 1.75 bits per heavy atom. The molecular weight excluding hydrogens is 383 g/mol. The number of halogens is 5. The third kappa shape index (κ3) is 5.43. The maximum absolute atomic E-state index is 14.5. The number of carbonyl (C=O) groups excluding carboxylic acids is 1. The van der Waals surface area contributed by atoms with Gasteiger partial charge in [0.15, 0.2) is 6.17 Å². The van der Waals surface area contributed by atoms with Crippen molar-refractivity contribution in [1.82, 2.24) is 0 Å². The van der Waals surface area contributed by atoms with Crippen molar-refractivity contribution in [2.75, 3.05) is 0 Å². The van der Waals surface area contributed by atoms with Crippen molar-refractivity contribution < 1.29 is 39.8 Å². The van der Waals surface area contributed by atoms with Crippen LogP contribution in [0.25, 0.3) is 0 Å². The monoisotopic (exact) mass is 418 g/mol. The SMILES string of the molecule is O.O=CC1CCC(C2CCC(C(F)(F)OC3CC(F)C(F)C(F)C3)CC2)CC1.[HH].[HH]. The van der Waals surface area contributed by atoms with E-state index >= 15 is 0 Å². The Labute approximate surface area is 165 Å². The fourth-order valence-corrected chi connectivity index (χ4v) is 5.18. The Morgan fingerprint density at radius 2 is 1.29 bits per heavy atom. The van der Waals surface area contributed by atoms with Gasteiger partial charge in [-0.05, 0) is 63.2 Å². The molecule has 0 heterocycles. The molecule has 3 nitrogen and oxygen atoms in total. The van der Waals surface area contributed by atoms with Crippen LogP contribution in [0.3, 0.4) is 0 Å². The van der Waals surface area contributed by atoms with Crippen LogP contribution in [0.15, 0.2) is 0 Å². The summed E-state index contributed by atoms with van der Waals surface area (Å²) >= 11 is 0. The molecule has 8 heteroatoms. The largest absolute Gasteiger partial charge is 0.412 e. The maximum atomic E-state index is 14.5. The summed E-state index contributed by atoms with van der Waals surface area (Å²) in [5.74, 6) is 0.0841. The minimum Gasteiger partial charge on any atom is -0.412 e. The molecule has 3 aliphatic carbocycles. The Balaban J connectivity index is 0.00000280. The lowest BCUT2D eigenvalue weighted by Crippen LogP contribution is -2.45. The fraction of sp³-hybridized carbons (Fsp3) is 0.950. The Morgan fingerprint density at radius 1 is 0.821 bits per heavy atom. The number of hydrogen-bond acceptors (Lipinski definition) is 2. The van der Waals surface area contributed by atoms with Gasteiger partial charge in [-0.1, -0.05) is 0 Å². The molecule has 0 aromatic carbocycles. The normalized spacial score (nSPS) is 42.5. The van der Waals surface area contributed by atoms with Crippen LogP contribution in [-0.4, -0.2) is 42.5 Å². The number of ether oxygens (including phenoxy) is 1. The first kappa shape index (κ1) is 23.5. The average Bonchev–Trinajstić information content (AvgIpc) is 2.66. The van der Waals surface area contributed by atoms with Crippen LogP contribution in [-0.2, 0) is 9.53 Å². The van der Waals surface area contributed by atoms with E-state index in [9.17, 15) is 26.7 Å². The molecule has 2 N–H and O–H groups in total. The van der Waals surface area contributed by atoms with Crippen molar-refractivity contribution in [3.63, 3.8) is 0 Å². The Hall–Kier alpha value is -0.760. The highest BCUT2D eigenvalue weighted by atomic mass is 19.3. The van der Waals surface area contributed by atoms with E-state index in [4.69, 9.17) is 4.74 Å². The predicted octanol–water partition coefficient (Wildman–Crippen LogP) is 5.25. The Bertz CT molecular complexity index is 489. The highest BCUT2D eigenvalue weighted by Gasteiger charge is 2.48. The zero-order valence-electron chi connectivity index (χ0n) is 16.0. The van der Waals surface area contributed by atoms with Crippen LogP contribution in [0.4, 0.5) is 22.0 Å². The minimum atomic E-state index is -3.44. The van der Waals surface area contributed by atoms with Gasteiger partial charge in [0.05, 0.1) is 12.0 Å². The number of carbonyl (C=O) groups is 1. The smallest absolute Gasteiger partial charge is 0.358 e. The number of alkyl halides is 5. The van der Waals surface area contributed by atoms with E-state index in [1.54, 1.807) is 0 Å². The van der Waals surface area contributed by atoms with Crippen molar-refractivity contribution >= 4 is 6.29 Å². The highest BCUT2D eigenvalue weighted by molar-refractivity contribution is 5.53. The summed E-state index contributed by atoms with van der Waals surface area (Å²) < 4.78 is 73.9. The van der Waals surface area contributed by atoms with Crippen LogP contribution in [0, 0.1) is 23.7 Å². The standard InChI is InChI=1S/C20H29F5O2.H2O.2H2/c21-17-9-16(10-18(22)19(17)23)27-20(24,25)15-7-5-14(6-8-15)13-3-1-12(11-26)2-4-13;;;/h11-19H,1-10H2;1H2;2*1H. The zero-order chi connectivity index (χ0) is 19.6. The lowest BCUT2D eigenvalue weighted by Gasteiger charge is -2.40. The highest BCUT2D eigenvalue weighted by Crippen LogP contribution is 2.46. The third-order valence-electron chi connectivity index (χ3n) is 6.91. The molecule has 28 heavy (non-hydrogen) atoms. The summed E-state index contributed by atoms with van der Waals surface area (Å²) in [5, 5.41) is 0. The van der Waals surface area contributed by atoms with Gasteiger partial charge in [-0.2, -0.15) is 8.78 Å². The van der Waals surface area contributed by atoms with Gasteiger partial charge in [0.2, 0.25) is 0 Å². The van der Waals surface area contributed by atoms with Crippen LogP contribution < -0.4 is 0 Å². The second kappa shape index (κ2) is 9.83. The lowest BCUT2D eigenvalue weighted by atomic mass is 9.69. The molecule has 3 aliphatic rings. The summed E-state index contributed by atoms with van der Waals surface area (Å²) in [6.45, 7) is 0. The Kier molecular flexibility index (Phi) is 8.26. The van der Waals surface area contributed by atoms with Gasteiger partial charge in [-0.25, -0.2) is 13.2 Å². The molecule has 3 fully saturated rings. The van der Waals surface area contributed by atoms with Gasteiger partial charge in [-0.3, -0.25) is 0 Å². The molecule has 0 aromatic rings. The number of aldehydes is 1. The van der Waals surface area contributed by atoms with E-state index in [1.807, 2.05) is 0 Å². The third-order valence-corrected chi connectivity index (χ3v) is 6.91. The first-order chi connectivity index (χ1) is 12.8. The molecule has 0 aromatic heterocycles. The van der Waals surface area contributed by atoms with Gasteiger partial charge < -0.3 is 15.0 Å². The molecule has 0 radical (unpaired) electrons. The fourth-order valence-electron chi connectivity index (χ4n) is 5.18. The van der Waals surface area contributed by atoms with Crippen LogP contribution in [0.1, 0.15) is 67.1 Å². The van der Waals surface area contributed by atoms with Crippen molar-refractivity contribution in [2.24, 2.45) is 23.7 Å². The average molecular weight is 418 g/mol. The summed E-state index contributed by atoms with van der Waals surface area (Å²) in [6.07, 6.45) is -5.42. The van der Waals surface area contributed by atoms with Gasteiger partial charge >= 0.3 is 6.11 Å². The first-order valence-corrected chi connectivity index (χ1v) is 10.2. The molecule has 0 spiro atoms. The molecule has 3 saturated carbocycles. The van der Waals surface area contributed by atoms with Gasteiger partial charge in [-0.15, -0.1) is 0 Å². The lowest BCUT2D eigenvalue weighted by molar-refractivity contribution is -0.306. The maximum Gasteiger partial charge on any atom is 0.358 e. The van der Waals surface area contributed by atoms with Crippen LogP contribution in [0.2, 0.25) is 0 Å². The number of rotatable bonds is 5. The minimum absolute atomic E-state index is 0. The quantitative estimate of drug-likeness (QED) is 0.452. The summed E-state index contributed by atoms with van der Waals surface area (Å²) in [6, 6.07) is 0. The molecule has 168 valence electrons. The predicted molar refractivity (Wildman–Crippen MR) is 98.5 cm³/mol. The second-order valence-electron chi connectivity index (χ2n) is 8.67. The number of hydrogen-bond donors (Lipinski definition) is 0. The summed E-state index contributed by atoms with van der Waals surface area (Å²) in [5.41, 5.74) is 0. The molecule has 0 aliphatic heterocycles. The van der Waals surface area contributed by atoms with Crippen molar-refractivity contribution in [3.05, 3.63) is 0 Å². The van der Waals surface area contributed by atoms with E-state index < -0.39 is 49.5 Å². The van der Waals surface area contributed by atoms with Crippen molar-refractivity contribution in [2.45, 2.75) is 94.9 Å². The van der Waals surface area contributed by atoms with E-state index in [0.717, 1.165) is 32.0 Å². The molecule has 0 bridgehead atoms. The van der Waals surface area contributed by atoms with Crippen LogP contribution in [0.5, 0.6) is 0 Å². The zero-order valence-corrected chi connectivity index (χ0v) is 16.0. The molecule has 2 unspecified atom stereocenters. The molecule has 3 rings (SSSR count). The summed E-state index contributed by atoms with van der Waals surface area (Å²) in [4.78, 5) is 10.9. The van der Waals surface area contributed by atoms with Gasteiger partial charge in [0.25, 0.3) is 0 Å². The van der Waals surface area contributed by atoms with Crippen molar-refractivity contribution in [3.8, 4) is 0 Å².